The molecule has 1 unspecified atom stereocenters. The van der Waals surface area contributed by atoms with Crippen molar-refractivity contribution < 1.29 is 4.74 Å². The van der Waals surface area contributed by atoms with Crippen molar-refractivity contribution in [3.63, 3.8) is 0 Å². The van der Waals surface area contributed by atoms with E-state index in [1.165, 1.54) is 0 Å². The summed E-state index contributed by atoms with van der Waals surface area (Å²) in [6.45, 7) is 3.88. The van der Waals surface area contributed by atoms with Crippen molar-refractivity contribution in [1.82, 2.24) is 0 Å². The second-order valence-corrected chi connectivity index (χ2v) is 4.56. The predicted molar refractivity (Wildman–Crippen MR) is 75.0 cm³/mol. The van der Waals surface area contributed by atoms with Crippen LogP contribution < -0.4 is 10.5 Å². The van der Waals surface area contributed by atoms with Gasteiger partial charge in [-0.1, -0.05) is 18.2 Å². The summed E-state index contributed by atoms with van der Waals surface area (Å²) in [5.41, 5.74) is 8.45. The van der Waals surface area contributed by atoms with Gasteiger partial charge in [-0.05, 0) is 49.2 Å². The fourth-order valence-corrected chi connectivity index (χ4v) is 1.77. The Kier molecular flexibility index (Phi) is 3.84. The minimum Gasteiger partial charge on any atom is -0.457 e. The van der Waals surface area contributed by atoms with E-state index in [1.54, 1.807) is 12.1 Å². The van der Waals surface area contributed by atoms with E-state index in [2.05, 4.69) is 6.07 Å². The smallest absolute Gasteiger partial charge is 0.131 e. The monoisotopic (exact) mass is 252 g/mol. The third-order valence-corrected chi connectivity index (χ3v) is 2.93. The van der Waals surface area contributed by atoms with E-state index in [0.717, 1.165) is 16.9 Å². The Morgan fingerprint density at radius 2 is 2.00 bits per heavy atom. The molecule has 2 rings (SSSR count). The van der Waals surface area contributed by atoms with Crippen LogP contribution >= 0.6 is 0 Å². The molecule has 2 N–H and O–H groups in total. The number of benzene rings is 2. The van der Waals surface area contributed by atoms with Gasteiger partial charge in [-0.15, -0.1) is 0 Å². The number of hydrogen-bond donors (Lipinski definition) is 1. The molecule has 0 aliphatic carbocycles. The Balaban J connectivity index is 2.31. The third kappa shape index (κ3) is 3.12. The average molecular weight is 252 g/mol. The van der Waals surface area contributed by atoms with Crippen LogP contribution in [0.3, 0.4) is 0 Å². The molecular weight excluding hydrogens is 236 g/mol. The summed E-state index contributed by atoms with van der Waals surface area (Å²) < 4.78 is 5.84. The zero-order valence-corrected chi connectivity index (χ0v) is 11.1. The molecule has 3 nitrogen and oxygen atoms in total. The molecule has 0 saturated heterocycles. The van der Waals surface area contributed by atoms with Gasteiger partial charge in [0.25, 0.3) is 0 Å². The van der Waals surface area contributed by atoms with Crippen molar-refractivity contribution in [2.75, 3.05) is 0 Å². The Bertz CT molecular complexity index is 627. The van der Waals surface area contributed by atoms with Gasteiger partial charge in [0.05, 0.1) is 11.6 Å². The Hall–Kier alpha value is -2.31. The summed E-state index contributed by atoms with van der Waals surface area (Å²) in [5, 5.41) is 8.91. The first-order chi connectivity index (χ1) is 9.10. The summed E-state index contributed by atoms with van der Waals surface area (Å²) in [6.07, 6.45) is 0. The number of ether oxygens (including phenoxy) is 1. The highest BCUT2D eigenvalue weighted by Gasteiger charge is 2.05. The van der Waals surface area contributed by atoms with Crippen molar-refractivity contribution in [1.29, 1.82) is 5.26 Å². The van der Waals surface area contributed by atoms with Crippen LogP contribution in [0.2, 0.25) is 0 Å². The highest BCUT2D eigenvalue weighted by Crippen LogP contribution is 2.27. The highest BCUT2D eigenvalue weighted by atomic mass is 16.5. The SMILES string of the molecule is Cc1ccc(C#N)cc1Oc1cccc(C(C)N)c1. The lowest BCUT2D eigenvalue weighted by molar-refractivity contribution is 0.477. The topological polar surface area (TPSA) is 59.0 Å². The molecule has 0 fully saturated rings. The van der Waals surface area contributed by atoms with Crippen molar-refractivity contribution in [3.8, 4) is 17.6 Å². The Morgan fingerprint density at radius 1 is 1.21 bits per heavy atom. The van der Waals surface area contributed by atoms with Gasteiger partial charge < -0.3 is 10.5 Å². The van der Waals surface area contributed by atoms with Gasteiger partial charge in [-0.3, -0.25) is 0 Å². The second kappa shape index (κ2) is 5.55. The van der Waals surface area contributed by atoms with Gasteiger partial charge in [-0.25, -0.2) is 0 Å². The van der Waals surface area contributed by atoms with Gasteiger partial charge in [0.15, 0.2) is 0 Å². The molecule has 0 heterocycles. The largest absolute Gasteiger partial charge is 0.457 e. The molecule has 0 aliphatic rings. The summed E-state index contributed by atoms with van der Waals surface area (Å²) in [4.78, 5) is 0. The number of nitriles is 1. The van der Waals surface area contributed by atoms with Crippen LogP contribution in [0.1, 0.15) is 29.7 Å². The molecule has 0 saturated carbocycles. The summed E-state index contributed by atoms with van der Waals surface area (Å²) in [5.74, 6) is 1.42. The fourth-order valence-electron chi connectivity index (χ4n) is 1.77. The summed E-state index contributed by atoms with van der Waals surface area (Å²) >= 11 is 0. The minimum atomic E-state index is -0.0323. The van der Waals surface area contributed by atoms with E-state index < -0.39 is 0 Å². The number of nitrogens with zero attached hydrogens (tertiary/aromatic N) is 1. The number of nitrogens with two attached hydrogens (primary N) is 1. The highest BCUT2D eigenvalue weighted by molar-refractivity contribution is 5.44. The standard InChI is InChI=1S/C16H16N2O/c1-11-6-7-13(10-17)8-16(11)19-15-5-3-4-14(9-15)12(2)18/h3-9,12H,18H2,1-2H3. The van der Waals surface area contributed by atoms with Crippen molar-refractivity contribution in [3.05, 3.63) is 59.2 Å². The van der Waals surface area contributed by atoms with E-state index in [9.17, 15) is 0 Å². The lowest BCUT2D eigenvalue weighted by Gasteiger charge is -2.11. The molecule has 3 heteroatoms. The van der Waals surface area contributed by atoms with E-state index in [4.69, 9.17) is 15.7 Å². The molecule has 0 bridgehead atoms. The van der Waals surface area contributed by atoms with Crippen molar-refractivity contribution in [2.45, 2.75) is 19.9 Å². The van der Waals surface area contributed by atoms with Crippen LogP contribution in [0, 0.1) is 18.3 Å². The second-order valence-electron chi connectivity index (χ2n) is 4.56. The first-order valence-electron chi connectivity index (χ1n) is 6.14. The Morgan fingerprint density at radius 3 is 2.68 bits per heavy atom. The van der Waals surface area contributed by atoms with Crippen LogP contribution in [0.5, 0.6) is 11.5 Å². The summed E-state index contributed by atoms with van der Waals surface area (Å²) in [6, 6.07) is 15.2. The van der Waals surface area contributed by atoms with Gasteiger partial charge >= 0.3 is 0 Å². The molecule has 2 aromatic carbocycles. The van der Waals surface area contributed by atoms with Gasteiger partial charge in [0, 0.05) is 6.04 Å². The molecule has 0 aromatic heterocycles. The van der Waals surface area contributed by atoms with Gasteiger partial charge in [0.1, 0.15) is 11.5 Å². The van der Waals surface area contributed by atoms with Crippen LogP contribution in [-0.4, -0.2) is 0 Å². The van der Waals surface area contributed by atoms with Crippen LogP contribution in [0.4, 0.5) is 0 Å². The van der Waals surface area contributed by atoms with Gasteiger partial charge in [0.2, 0.25) is 0 Å². The van der Waals surface area contributed by atoms with E-state index in [0.29, 0.717) is 11.3 Å². The first-order valence-corrected chi connectivity index (χ1v) is 6.14. The molecule has 2 aromatic rings. The van der Waals surface area contributed by atoms with E-state index >= 15 is 0 Å². The van der Waals surface area contributed by atoms with Crippen LogP contribution in [0.25, 0.3) is 0 Å². The maximum atomic E-state index is 8.91. The molecule has 0 aliphatic heterocycles. The van der Waals surface area contributed by atoms with E-state index in [-0.39, 0.29) is 6.04 Å². The Labute approximate surface area is 113 Å². The third-order valence-electron chi connectivity index (χ3n) is 2.93. The van der Waals surface area contributed by atoms with Crippen molar-refractivity contribution >= 4 is 0 Å². The maximum absolute atomic E-state index is 8.91. The molecule has 0 spiro atoms. The molecule has 0 amide bonds. The molecule has 96 valence electrons. The number of aryl methyl sites for hydroxylation is 1. The molecule has 19 heavy (non-hydrogen) atoms. The van der Waals surface area contributed by atoms with E-state index in [1.807, 2.05) is 44.2 Å². The fraction of sp³-hybridized carbons (Fsp3) is 0.188. The first kappa shape index (κ1) is 13.1. The minimum absolute atomic E-state index is 0.0323. The summed E-state index contributed by atoms with van der Waals surface area (Å²) in [7, 11) is 0. The van der Waals surface area contributed by atoms with Crippen molar-refractivity contribution in [2.24, 2.45) is 5.73 Å². The predicted octanol–water partition coefficient (Wildman–Crippen LogP) is 3.68. The molecule has 0 radical (unpaired) electrons. The average Bonchev–Trinajstić information content (AvgIpc) is 2.41. The zero-order valence-electron chi connectivity index (χ0n) is 11.1. The number of rotatable bonds is 3. The maximum Gasteiger partial charge on any atom is 0.131 e. The normalized spacial score (nSPS) is 11.7. The lowest BCUT2D eigenvalue weighted by Crippen LogP contribution is -2.04. The molecule has 1 atom stereocenters. The van der Waals surface area contributed by atoms with Crippen LogP contribution in [-0.2, 0) is 0 Å². The van der Waals surface area contributed by atoms with Gasteiger partial charge in [-0.2, -0.15) is 5.26 Å². The lowest BCUT2D eigenvalue weighted by atomic mass is 10.1. The number of hydrogen-bond acceptors (Lipinski definition) is 3. The quantitative estimate of drug-likeness (QED) is 0.906. The van der Waals surface area contributed by atoms with Crippen LogP contribution in [0.15, 0.2) is 42.5 Å². The molecular formula is C16H16N2O. The zero-order chi connectivity index (χ0) is 13.8.